The lowest BCUT2D eigenvalue weighted by Crippen LogP contribution is -2.18. The van der Waals surface area contributed by atoms with Crippen LogP contribution in [-0.2, 0) is 19.1 Å². The minimum atomic E-state index is -4.46. The topological polar surface area (TPSA) is 33.4 Å². The number of imidazole rings is 1. The molecule has 8 heteroatoms. The summed E-state index contributed by atoms with van der Waals surface area (Å²) in [4.78, 5) is 11.2. The van der Waals surface area contributed by atoms with Gasteiger partial charge in [0.1, 0.15) is 5.82 Å². The highest BCUT2D eigenvalue weighted by molar-refractivity contribution is 6.35. The van der Waals surface area contributed by atoms with Gasteiger partial charge >= 0.3 is 6.18 Å². The van der Waals surface area contributed by atoms with Crippen molar-refractivity contribution in [3.63, 3.8) is 0 Å². The number of nitrogens with zero attached hydrogens (tertiary/aromatic N) is 4. The van der Waals surface area contributed by atoms with Gasteiger partial charge in [-0.05, 0) is 38.4 Å². The molecule has 2 heterocycles. The first kappa shape index (κ1) is 20.6. The first-order chi connectivity index (χ1) is 14.3. The predicted molar refractivity (Wildman–Crippen MR) is 112 cm³/mol. The van der Waals surface area contributed by atoms with Gasteiger partial charge in [0.2, 0.25) is 0 Å². The van der Waals surface area contributed by atoms with Crippen LogP contribution in [0.5, 0.6) is 0 Å². The fraction of sp³-hybridized carbons (Fsp3) is 0.273. The van der Waals surface area contributed by atoms with Gasteiger partial charge in [0.05, 0.1) is 23.5 Å². The molecule has 0 aliphatic carbocycles. The van der Waals surface area contributed by atoms with Crippen molar-refractivity contribution in [1.29, 1.82) is 0 Å². The van der Waals surface area contributed by atoms with E-state index in [0.29, 0.717) is 39.8 Å². The second kappa shape index (κ2) is 7.89. The largest absolute Gasteiger partial charge is 0.416 e. The van der Waals surface area contributed by atoms with Crippen LogP contribution in [-0.4, -0.2) is 40.8 Å². The molecule has 1 aromatic heterocycles. The third-order valence-corrected chi connectivity index (χ3v) is 5.38. The number of hydrogen-bond acceptors (Lipinski definition) is 3. The maximum atomic E-state index is 13.5. The Hall–Kier alpha value is -2.64. The molecule has 3 aromatic rings. The van der Waals surface area contributed by atoms with Crippen molar-refractivity contribution < 1.29 is 13.2 Å². The summed E-state index contributed by atoms with van der Waals surface area (Å²) in [6, 6.07) is 10.8. The highest BCUT2D eigenvalue weighted by atomic mass is 35.5. The Kier molecular flexibility index (Phi) is 5.42. The van der Waals surface area contributed by atoms with E-state index in [0.717, 1.165) is 24.4 Å². The first-order valence-corrected chi connectivity index (χ1v) is 9.85. The van der Waals surface area contributed by atoms with Crippen molar-refractivity contribution >= 4 is 17.3 Å². The molecular formula is C22H20ClF3N4. The van der Waals surface area contributed by atoms with Crippen LogP contribution in [0, 0.1) is 0 Å². The second-order valence-electron chi connectivity index (χ2n) is 7.43. The van der Waals surface area contributed by atoms with Gasteiger partial charge in [0, 0.05) is 41.0 Å². The van der Waals surface area contributed by atoms with E-state index in [9.17, 15) is 13.2 Å². The van der Waals surface area contributed by atoms with E-state index in [1.807, 2.05) is 18.7 Å². The molecule has 0 saturated carbocycles. The van der Waals surface area contributed by atoms with Gasteiger partial charge in [-0.2, -0.15) is 13.2 Å². The van der Waals surface area contributed by atoms with Gasteiger partial charge in [0.15, 0.2) is 0 Å². The Morgan fingerprint density at radius 2 is 1.87 bits per heavy atom. The number of alkyl halides is 3. The minimum absolute atomic E-state index is 0.249. The molecule has 0 saturated heterocycles. The fourth-order valence-electron chi connectivity index (χ4n) is 3.57. The Morgan fingerprint density at radius 3 is 2.57 bits per heavy atom. The summed E-state index contributed by atoms with van der Waals surface area (Å²) in [6.45, 7) is 1.04. The van der Waals surface area contributed by atoms with Crippen molar-refractivity contribution in [2.45, 2.75) is 19.1 Å². The average molecular weight is 433 g/mol. The molecule has 1 aliphatic rings. The van der Waals surface area contributed by atoms with Crippen LogP contribution in [0.25, 0.3) is 5.69 Å². The van der Waals surface area contributed by atoms with Crippen LogP contribution >= 0.6 is 11.6 Å². The summed E-state index contributed by atoms with van der Waals surface area (Å²) in [5.41, 5.74) is 2.25. The van der Waals surface area contributed by atoms with Gasteiger partial charge in [-0.15, -0.1) is 0 Å². The quantitative estimate of drug-likeness (QED) is 0.581. The van der Waals surface area contributed by atoms with Crippen LogP contribution in [0.15, 0.2) is 53.7 Å². The van der Waals surface area contributed by atoms with Crippen LogP contribution in [0.2, 0.25) is 5.02 Å². The summed E-state index contributed by atoms with van der Waals surface area (Å²) in [5.74, 6) is 0.687. The molecule has 0 N–H and O–H groups in total. The van der Waals surface area contributed by atoms with Gasteiger partial charge < -0.3 is 4.90 Å². The van der Waals surface area contributed by atoms with Crippen LogP contribution < -0.4 is 0 Å². The maximum Gasteiger partial charge on any atom is 0.416 e. The van der Waals surface area contributed by atoms with E-state index >= 15 is 0 Å². The molecule has 1 aliphatic heterocycles. The van der Waals surface area contributed by atoms with Gasteiger partial charge in [-0.3, -0.25) is 9.56 Å². The first-order valence-electron chi connectivity index (χ1n) is 9.47. The molecule has 2 aromatic carbocycles. The Balaban J connectivity index is 1.93. The minimum Gasteiger partial charge on any atom is -0.309 e. The molecule has 0 radical (unpaired) electrons. The van der Waals surface area contributed by atoms with Gasteiger partial charge in [0.25, 0.3) is 0 Å². The molecule has 0 fully saturated rings. The molecule has 156 valence electrons. The zero-order valence-electron chi connectivity index (χ0n) is 16.5. The fourth-order valence-corrected chi connectivity index (χ4v) is 3.79. The Bertz CT molecular complexity index is 1120. The molecule has 0 unspecified atom stereocenters. The Labute approximate surface area is 177 Å². The average Bonchev–Trinajstić information content (AvgIpc) is 3.02. The molecule has 0 bridgehead atoms. The lowest BCUT2D eigenvalue weighted by molar-refractivity contribution is -0.137. The van der Waals surface area contributed by atoms with E-state index in [-0.39, 0.29) is 6.54 Å². The third-order valence-electron chi connectivity index (χ3n) is 5.05. The summed E-state index contributed by atoms with van der Waals surface area (Å²) in [7, 11) is 3.95. The summed E-state index contributed by atoms with van der Waals surface area (Å²) in [5, 5.41) is 0.437. The number of benzene rings is 2. The van der Waals surface area contributed by atoms with Crippen molar-refractivity contribution in [2.75, 3.05) is 20.6 Å². The lowest BCUT2D eigenvalue weighted by Gasteiger charge is -2.18. The van der Waals surface area contributed by atoms with Crippen molar-refractivity contribution in [3.05, 3.63) is 81.9 Å². The molecule has 4 nitrogen and oxygen atoms in total. The number of aromatic nitrogens is 2. The monoisotopic (exact) mass is 432 g/mol. The number of halogens is 4. The standard InChI is InChI=1S/C22H20ClF3N4/c1-29(2)10-9-15-12-27-20-13-28-21(16-5-3-4-6-18(16)23)17-11-14(22(24,25)26)7-8-19(17)30(15)20/h3-8,11-12H,9-10,13H2,1-2H3. The summed E-state index contributed by atoms with van der Waals surface area (Å²) >= 11 is 6.38. The van der Waals surface area contributed by atoms with Crippen LogP contribution in [0.3, 0.4) is 0 Å². The number of hydrogen-bond donors (Lipinski definition) is 0. The van der Waals surface area contributed by atoms with Gasteiger partial charge in [-0.1, -0.05) is 29.8 Å². The number of rotatable bonds is 4. The summed E-state index contributed by atoms with van der Waals surface area (Å²) < 4.78 is 42.4. The Morgan fingerprint density at radius 1 is 1.10 bits per heavy atom. The third kappa shape index (κ3) is 3.87. The molecular weight excluding hydrogens is 413 g/mol. The molecule has 0 amide bonds. The smallest absolute Gasteiger partial charge is 0.309 e. The second-order valence-corrected chi connectivity index (χ2v) is 7.84. The van der Waals surface area contributed by atoms with E-state index < -0.39 is 11.7 Å². The maximum absolute atomic E-state index is 13.5. The van der Waals surface area contributed by atoms with Crippen molar-refractivity contribution in [2.24, 2.45) is 4.99 Å². The summed E-state index contributed by atoms with van der Waals surface area (Å²) in [6.07, 6.45) is -1.98. The van der Waals surface area contributed by atoms with E-state index in [4.69, 9.17) is 11.6 Å². The van der Waals surface area contributed by atoms with Crippen LogP contribution in [0.4, 0.5) is 13.2 Å². The van der Waals surface area contributed by atoms with Crippen molar-refractivity contribution in [3.8, 4) is 5.69 Å². The highest BCUT2D eigenvalue weighted by Crippen LogP contribution is 2.35. The molecule has 0 spiro atoms. The van der Waals surface area contributed by atoms with Crippen molar-refractivity contribution in [1.82, 2.24) is 14.5 Å². The van der Waals surface area contributed by atoms with E-state index in [2.05, 4.69) is 14.9 Å². The normalized spacial score (nSPS) is 13.6. The van der Waals surface area contributed by atoms with E-state index in [1.54, 1.807) is 30.5 Å². The number of aliphatic imine (C=N–C) groups is 1. The van der Waals surface area contributed by atoms with E-state index in [1.165, 1.54) is 6.07 Å². The predicted octanol–water partition coefficient (Wildman–Crippen LogP) is 5.00. The number of fused-ring (bicyclic) bond motifs is 3. The molecule has 0 atom stereocenters. The zero-order valence-corrected chi connectivity index (χ0v) is 17.3. The molecule has 30 heavy (non-hydrogen) atoms. The highest BCUT2D eigenvalue weighted by Gasteiger charge is 2.33. The van der Waals surface area contributed by atoms with Gasteiger partial charge in [-0.25, -0.2) is 4.98 Å². The lowest BCUT2D eigenvalue weighted by atomic mass is 9.98. The number of likely N-dealkylation sites (N-methyl/N-ethyl adjacent to an activating group) is 1. The zero-order chi connectivity index (χ0) is 21.5. The van der Waals surface area contributed by atoms with Crippen LogP contribution in [0.1, 0.15) is 28.2 Å². The SMILES string of the molecule is CN(C)CCc1cnc2n1-c1ccc(C(F)(F)F)cc1C(c1ccccc1Cl)=NC2. The molecule has 4 rings (SSSR count).